The van der Waals surface area contributed by atoms with Gasteiger partial charge < -0.3 is 10.8 Å². The van der Waals surface area contributed by atoms with Crippen molar-refractivity contribution in [1.29, 1.82) is 0 Å². The van der Waals surface area contributed by atoms with Crippen molar-refractivity contribution in [2.45, 2.75) is 129 Å². The van der Waals surface area contributed by atoms with Gasteiger partial charge in [-0.25, -0.2) is 0 Å². The summed E-state index contributed by atoms with van der Waals surface area (Å²) in [5.41, 5.74) is 4.59. The van der Waals surface area contributed by atoms with Crippen LogP contribution in [0, 0.1) is 0 Å². The van der Waals surface area contributed by atoms with Crippen LogP contribution >= 0.6 is 0 Å². The van der Waals surface area contributed by atoms with Crippen LogP contribution in [0.5, 0.6) is 0 Å². The van der Waals surface area contributed by atoms with Gasteiger partial charge in [-0.1, -0.05) is 103 Å². The Morgan fingerprint density at radius 3 is 1.14 bits per heavy atom. The van der Waals surface area contributed by atoms with E-state index in [2.05, 4.69) is 6.92 Å². The molecule has 0 saturated carbocycles. The van der Waals surface area contributed by atoms with E-state index in [0.29, 0.717) is 0 Å². The van der Waals surface area contributed by atoms with Crippen LogP contribution < -0.4 is 5.73 Å². The molecule has 0 aromatic rings. The molecule has 0 saturated heterocycles. The third kappa shape index (κ3) is 19.9. The molecule has 22 heavy (non-hydrogen) atoms. The molecule has 0 aromatic carbocycles. The van der Waals surface area contributed by atoms with Crippen molar-refractivity contribution in [1.82, 2.24) is 0 Å². The van der Waals surface area contributed by atoms with E-state index in [1.54, 1.807) is 6.92 Å². The Bertz CT molecular complexity index is 210. The van der Waals surface area contributed by atoms with Crippen molar-refractivity contribution < 1.29 is 5.11 Å². The molecule has 0 fully saturated rings. The first-order valence-corrected chi connectivity index (χ1v) is 10.1. The van der Waals surface area contributed by atoms with Crippen LogP contribution in [-0.4, -0.2) is 10.8 Å². The maximum atomic E-state index is 9.41. The van der Waals surface area contributed by atoms with Crippen LogP contribution in [0.15, 0.2) is 0 Å². The lowest BCUT2D eigenvalue weighted by Gasteiger charge is -2.16. The minimum absolute atomic E-state index is 0.728. The molecule has 3 N–H and O–H groups in total. The smallest absolute Gasteiger partial charge is 0.110 e. The van der Waals surface area contributed by atoms with Crippen LogP contribution in [0.25, 0.3) is 0 Å². The van der Waals surface area contributed by atoms with Gasteiger partial charge in [0.05, 0.1) is 0 Å². The van der Waals surface area contributed by atoms with Gasteiger partial charge in [-0.15, -0.1) is 0 Å². The van der Waals surface area contributed by atoms with Gasteiger partial charge in [0, 0.05) is 0 Å². The molecule has 0 aliphatic rings. The van der Waals surface area contributed by atoms with Gasteiger partial charge in [-0.05, 0) is 19.8 Å². The lowest BCUT2D eigenvalue weighted by molar-refractivity contribution is 0.0550. The molecule has 0 aromatic heterocycles. The summed E-state index contributed by atoms with van der Waals surface area (Å²) in [4.78, 5) is 0. The molecule has 134 valence electrons. The highest BCUT2D eigenvalue weighted by Crippen LogP contribution is 2.15. The van der Waals surface area contributed by atoms with E-state index >= 15 is 0 Å². The first-order chi connectivity index (χ1) is 10.6. The van der Waals surface area contributed by atoms with Crippen LogP contribution in [-0.2, 0) is 0 Å². The molecule has 0 bridgehead atoms. The average molecular weight is 314 g/mol. The lowest BCUT2D eigenvalue weighted by atomic mass is 10.0. The first-order valence-electron chi connectivity index (χ1n) is 10.1. The first kappa shape index (κ1) is 21.9. The van der Waals surface area contributed by atoms with Gasteiger partial charge in [0.1, 0.15) is 5.72 Å². The van der Waals surface area contributed by atoms with Gasteiger partial charge in [0.15, 0.2) is 0 Å². The number of rotatable bonds is 17. The summed E-state index contributed by atoms with van der Waals surface area (Å²) in [6, 6.07) is 0. The Hall–Kier alpha value is -0.0800. The van der Waals surface area contributed by atoms with Crippen LogP contribution in [0.2, 0.25) is 0 Å². The highest BCUT2D eigenvalue weighted by atomic mass is 16.3. The number of aliphatic hydroxyl groups is 1. The zero-order chi connectivity index (χ0) is 16.5. The highest BCUT2D eigenvalue weighted by molar-refractivity contribution is 4.62. The monoisotopic (exact) mass is 313 g/mol. The average Bonchev–Trinajstić information content (AvgIpc) is 2.45. The number of nitrogens with two attached hydrogens (primary N) is 1. The van der Waals surface area contributed by atoms with Crippen LogP contribution in [0.3, 0.4) is 0 Å². The summed E-state index contributed by atoms with van der Waals surface area (Å²) in [6.07, 6.45) is 22.8. The second-order valence-corrected chi connectivity index (χ2v) is 7.41. The summed E-state index contributed by atoms with van der Waals surface area (Å²) < 4.78 is 0. The lowest BCUT2D eigenvalue weighted by Crippen LogP contribution is -2.35. The summed E-state index contributed by atoms with van der Waals surface area (Å²) in [5, 5.41) is 9.41. The fourth-order valence-electron chi connectivity index (χ4n) is 3.03. The van der Waals surface area contributed by atoms with E-state index in [1.165, 1.54) is 96.3 Å². The fourth-order valence-corrected chi connectivity index (χ4v) is 3.03. The normalized spacial score (nSPS) is 14.2. The molecule has 0 aliphatic heterocycles. The van der Waals surface area contributed by atoms with Gasteiger partial charge in [0.25, 0.3) is 0 Å². The van der Waals surface area contributed by atoms with E-state index < -0.39 is 5.72 Å². The van der Waals surface area contributed by atoms with Crippen molar-refractivity contribution in [2.75, 3.05) is 0 Å². The predicted molar refractivity (Wildman–Crippen MR) is 99.0 cm³/mol. The molecule has 2 nitrogen and oxygen atoms in total. The molecular formula is C20H43NO. The van der Waals surface area contributed by atoms with Crippen molar-refractivity contribution in [2.24, 2.45) is 5.73 Å². The van der Waals surface area contributed by atoms with E-state index in [9.17, 15) is 5.11 Å². The molecule has 0 aliphatic carbocycles. The molecule has 0 spiro atoms. The van der Waals surface area contributed by atoms with Gasteiger partial charge in [-0.2, -0.15) is 0 Å². The Balaban J connectivity index is 3.00. The Morgan fingerprint density at radius 1 is 0.591 bits per heavy atom. The third-order valence-electron chi connectivity index (χ3n) is 4.54. The molecule has 0 heterocycles. The summed E-state index contributed by atoms with van der Waals surface area (Å²) in [6.45, 7) is 3.98. The van der Waals surface area contributed by atoms with Crippen LogP contribution in [0.4, 0.5) is 0 Å². The SMILES string of the molecule is CCCCCCCCCCCCCCCCCCC(C)(N)O. The van der Waals surface area contributed by atoms with Gasteiger partial charge in [-0.3, -0.25) is 0 Å². The van der Waals surface area contributed by atoms with E-state index in [4.69, 9.17) is 5.73 Å². The van der Waals surface area contributed by atoms with E-state index in [-0.39, 0.29) is 0 Å². The summed E-state index contributed by atoms with van der Waals surface area (Å²) in [5.74, 6) is 0. The molecular weight excluding hydrogens is 270 g/mol. The predicted octanol–water partition coefficient (Wildman–Crippen LogP) is 6.31. The largest absolute Gasteiger partial charge is 0.376 e. The number of hydrogen-bond donors (Lipinski definition) is 2. The zero-order valence-corrected chi connectivity index (χ0v) is 15.5. The Labute approximate surface area is 140 Å². The topological polar surface area (TPSA) is 46.2 Å². The fraction of sp³-hybridized carbons (Fsp3) is 1.00. The van der Waals surface area contributed by atoms with Crippen LogP contribution in [0.1, 0.15) is 123 Å². The maximum absolute atomic E-state index is 9.41. The molecule has 0 amide bonds. The molecule has 1 atom stereocenters. The number of unbranched alkanes of at least 4 members (excludes halogenated alkanes) is 15. The van der Waals surface area contributed by atoms with Crippen molar-refractivity contribution in [3.8, 4) is 0 Å². The van der Waals surface area contributed by atoms with Gasteiger partial charge in [0.2, 0.25) is 0 Å². The quantitative estimate of drug-likeness (QED) is 0.244. The standard InChI is InChI=1S/C20H43NO/c1-3-4-5-6-7-8-9-10-11-12-13-14-15-16-17-18-19-20(2,21)22/h22H,3-19,21H2,1-2H3. The Kier molecular flexibility index (Phi) is 15.7. The molecule has 1 unspecified atom stereocenters. The zero-order valence-electron chi connectivity index (χ0n) is 15.5. The van der Waals surface area contributed by atoms with Crippen molar-refractivity contribution >= 4 is 0 Å². The minimum Gasteiger partial charge on any atom is -0.376 e. The third-order valence-corrected chi connectivity index (χ3v) is 4.54. The summed E-state index contributed by atoms with van der Waals surface area (Å²) >= 11 is 0. The summed E-state index contributed by atoms with van der Waals surface area (Å²) in [7, 11) is 0. The minimum atomic E-state index is -0.962. The number of hydrogen-bond acceptors (Lipinski definition) is 2. The van der Waals surface area contributed by atoms with E-state index in [1.807, 2.05) is 0 Å². The molecule has 2 heteroatoms. The second-order valence-electron chi connectivity index (χ2n) is 7.41. The van der Waals surface area contributed by atoms with E-state index in [0.717, 1.165) is 12.8 Å². The van der Waals surface area contributed by atoms with Crippen molar-refractivity contribution in [3.63, 3.8) is 0 Å². The second kappa shape index (κ2) is 15.8. The maximum Gasteiger partial charge on any atom is 0.110 e. The molecule has 0 radical (unpaired) electrons. The van der Waals surface area contributed by atoms with Crippen molar-refractivity contribution in [3.05, 3.63) is 0 Å². The van der Waals surface area contributed by atoms with Gasteiger partial charge >= 0.3 is 0 Å². The highest BCUT2D eigenvalue weighted by Gasteiger charge is 2.11. The molecule has 0 rings (SSSR count). The Morgan fingerprint density at radius 2 is 0.864 bits per heavy atom.